The van der Waals surface area contributed by atoms with E-state index in [2.05, 4.69) is 25.4 Å². The molecule has 2 aromatic carbocycles. The zero-order chi connectivity index (χ0) is 29.9. The van der Waals surface area contributed by atoms with Crippen molar-refractivity contribution in [3.8, 4) is 0 Å². The Bertz CT molecular complexity index is 1280. The lowest BCUT2D eigenvalue weighted by Gasteiger charge is -2.15. The minimum absolute atomic E-state index is 0.181. The molecule has 0 saturated heterocycles. The average Bonchev–Trinajstić information content (AvgIpc) is 3.22. The fraction of sp³-hybridized carbons (Fsp3) is 0.400. The molecule has 39 heavy (non-hydrogen) atoms. The van der Waals surface area contributed by atoms with Gasteiger partial charge in [-0.1, -0.05) is 63.9 Å². The molecular formula is C30H37ClF5N3. The summed E-state index contributed by atoms with van der Waals surface area (Å²) in [4.78, 5) is 3.41. The molecule has 1 aromatic heterocycles. The van der Waals surface area contributed by atoms with Gasteiger partial charge in [0.1, 0.15) is 0 Å². The Morgan fingerprint density at radius 3 is 2.21 bits per heavy atom. The van der Waals surface area contributed by atoms with Crippen LogP contribution >= 0.6 is 11.6 Å². The first kappa shape index (κ1) is 34.0. The number of alkyl halides is 3. The number of aryl methyl sites for hydroxylation is 2. The number of hydrogen-bond donors (Lipinski definition) is 3. The summed E-state index contributed by atoms with van der Waals surface area (Å²) in [5, 5.41) is 14.8. The monoisotopic (exact) mass is 569 g/mol. The molecule has 0 fully saturated rings. The van der Waals surface area contributed by atoms with Gasteiger partial charge in [0.2, 0.25) is 0 Å². The number of fused-ring (bicyclic) bond motifs is 1. The lowest BCUT2D eigenvalue weighted by atomic mass is 9.91. The Morgan fingerprint density at radius 2 is 1.74 bits per heavy atom. The lowest BCUT2D eigenvalue weighted by molar-refractivity contribution is -0.0852. The highest BCUT2D eigenvalue weighted by Crippen LogP contribution is 2.35. The van der Waals surface area contributed by atoms with Crippen LogP contribution in [-0.4, -0.2) is 23.1 Å². The fourth-order valence-electron chi connectivity index (χ4n) is 3.84. The van der Waals surface area contributed by atoms with E-state index in [-0.39, 0.29) is 12.1 Å². The van der Waals surface area contributed by atoms with Crippen LogP contribution in [0.4, 0.5) is 22.0 Å². The molecule has 0 radical (unpaired) electrons. The lowest BCUT2D eigenvalue weighted by Crippen LogP contribution is -2.10. The molecular weight excluding hydrogens is 533 g/mol. The summed E-state index contributed by atoms with van der Waals surface area (Å²) in [6, 6.07) is 9.04. The molecule has 1 heterocycles. The van der Waals surface area contributed by atoms with Crippen LogP contribution in [0.25, 0.3) is 10.9 Å². The molecule has 0 bridgehead atoms. The largest absolute Gasteiger partial charge is 0.417 e. The minimum Gasteiger partial charge on any atom is -0.358 e. The van der Waals surface area contributed by atoms with Crippen LogP contribution < -0.4 is 0 Å². The number of aromatic amines is 1. The maximum atomic E-state index is 14.5. The third-order valence-electron chi connectivity index (χ3n) is 6.05. The maximum absolute atomic E-state index is 14.5. The van der Waals surface area contributed by atoms with Crippen LogP contribution in [0.3, 0.4) is 0 Å². The van der Waals surface area contributed by atoms with Gasteiger partial charge >= 0.3 is 6.18 Å². The number of nitrogens with one attached hydrogen (secondary N) is 3. The van der Waals surface area contributed by atoms with E-state index in [1.807, 2.05) is 32.0 Å². The highest BCUT2D eigenvalue weighted by Gasteiger charge is 2.30. The summed E-state index contributed by atoms with van der Waals surface area (Å²) < 4.78 is 62.1. The zero-order valence-corrected chi connectivity index (χ0v) is 23.8. The molecule has 0 aliphatic carbocycles. The second-order valence-electron chi connectivity index (χ2n) is 9.33. The summed E-state index contributed by atoms with van der Waals surface area (Å²) in [6.45, 7) is 12.1. The van der Waals surface area contributed by atoms with Crippen molar-refractivity contribution in [3.63, 3.8) is 0 Å². The van der Waals surface area contributed by atoms with Crippen LogP contribution in [0.15, 0.2) is 42.5 Å². The summed E-state index contributed by atoms with van der Waals surface area (Å²) in [5.41, 5.74) is 3.42. The van der Waals surface area contributed by atoms with Gasteiger partial charge in [0.15, 0.2) is 11.6 Å². The van der Waals surface area contributed by atoms with Crippen LogP contribution in [0.5, 0.6) is 0 Å². The predicted octanol–water partition coefficient (Wildman–Crippen LogP) is 10.5. The molecule has 0 aliphatic heterocycles. The third-order valence-corrected chi connectivity index (χ3v) is 6.28. The van der Waals surface area contributed by atoms with Gasteiger partial charge in [-0.3, -0.25) is 0 Å². The molecule has 214 valence electrons. The van der Waals surface area contributed by atoms with Crippen molar-refractivity contribution in [3.05, 3.63) is 81.5 Å². The zero-order valence-electron chi connectivity index (χ0n) is 23.1. The van der Waals surface area contributed by atoms with Gasteiger partial charge in [-0.15, -0.1) is 0 Å². The second kappa shape index (κ2) is 15.6. The van der Waals surface area contributed by atoms with Crippen molar-refractivity contribution in [2.75, 3.05) is 0 Å². The Kier molecular flexibility index (Phi) is 13.6. The predicted molar refractivity (Wildman–Crippen MR) is 153 cm³/mol. The fourth-order valence-corrected chi connectivity index (χ4v) is 4.01. The van der Waals surface area contributed by atoms with Crippen LogP contribution in [0.2, 0.25) is 5.02 Å². The van der Waals surface area contributed by atoms with Gasteiger partial charge in [0, 0.05) is 39.5 Å². The molecule has 0 aliphatic rings. The van der Waals surface area contributed by atoms with Crippen molar-refractivity contribution < 1.29 is 22.0 Å². The molecule has 3 aromatic rings. The van der Waals surface area contributed by atoms with E-state index in [1.54, 1.807) is 19.1 Å². The molecule has 0 saturated carbocycles. The van der Waals surface area contributed by atoms with Gasteiger partial charge < -0.3 is 15.8 Å². The molecule has 9 heteroatoms. The summed E-state index contributed by atoms with van der Waals surface area (Å²) >= 11 is 6.17. The van der Waals surface area contributed by atoms with Crippen LogP contribution in [-0.2, 0) is 6.42 Å². The molecule has 0 amide bonds. The van der Waals surface area contributed by atoms with E-state index >= 15 is 0 Å². The number of halogens is 6. The molecule has 3 N–H and O–H groups in total. The van der Waals surface area contributed by atoms with E-state index in [0.29, 0.717) is 16.1 Å². The van der Waals surface area contributed by atoms with Gasteiger partial charge in [0.05, 0.1) is 5.57 Å². The van der Waals surface area contributed by atoms with Crippen molar-refractivity contribution >= 4 is 34.4 Å². The van der Waals surface area contributed by atoms with Gasteiger partial charge in [-0.05, 0) is 68.0 Å². The highest BCUT2D eigenvalue weighted by molar-refractivity contribution is 6.31. The normalized spacial score (nSPS) is 11.7. The third kappa shape index (κ3) is 9.92. The molecule has 1 unspecified atom stereocenters. The smallest absolute Gasteiger partial charge is 0.358 e. The molecule has 1 atom stereocenters. The highest BCUT2D eigenvalue weighted by atomic mass is 35.5. The van der Waals surface area contributed by atoms with E-state index in [1.165, 1.54) is 0 Å². The average molecular weight is 570 g/mol. The summed E-state index contributed by atoms with van der Waals surface area (Å²) in [7, 11) is 0. The van der Waals surface area contributed by atoms with Gasteiger partial charge in [0.25, 0.3) is 0 Å². The number of hydrogen-bond acceptors (Lipinski definition) is 2. The number of rotatable bonds is 8. The van der Waals surface area contributed by atoms with Gasteiger partial charge in [-0.2, -0.15) is 13.2 Å². The van der Waals surface area contributed by atoms with E-state index in [9.17, 15) is 22.0 Å². The Labute approximate surface area is 232 Å². The van der Waals surface area contributed by atoms with Crippen molar-refractivity contribution in [2.24, 2.45) is 0 Å². The molecule has 3 nitrogen and oxygen atoms in total. The first-order valence-electron chi connectivity index (χ1n) is 12.7. The van der Waals surface area contributed by atoms with Crippen LogP contribution in [0.1, 0.15) is 81.7 Å². The first-order chi connectivity index (χ1) is 18.2. The van der Waals surface area contributed by atoms with Crippen molar-refractivity contribution in [2.45, 2.75) is 78.8 Å². The number of H-pyrrole nitrogens is 1. The quantitative estimate of drug-likeness (QED) is 0.178. The van der Waals surface area contributed by atoms with E-state index < -0.39 is 23.4 Å². The van der Waals surface area contributed by atoms with Crippen LogP contribution in [0, 0.1) is 29.4 Å². The number of aromatic nitrogens is 1. The number of allylic oxidation sites excluding steroid dienone is 1. The minimum atomic E-state index is -4.43. The second-order valence-corrected chi connectivity index (χ2v) is 9.77. The van der Waals surface area contributed by atoms with Crippen molar-refractivity contribution in [1.82, 2.24) is 4.98 Å². The van der Waals surface area contributed by atoms with Gasteiger partial charge in [-0.25, -0.2) is 8.78 Å². The number of benzene rings is 2. The summed E-state index contributed by atoms with van der Waals surface area (Å²) in [5.74, 6) is -1.79. The Hall–Kier alpha value is -3.00. The van der Waals surface area contributed by atoms with E-state index in [4.69, 9.17) is 22.4 Å². The first-order valence-corrected chi connectivity index (χ1v) is 13.1. The Morgan fingerprint density at radius 1 is 1.10 bits per heavy atom. The molecule has 0 spiro atoms. The Balaban J connectivity index is 0.000000450. The maximum Gasteiger partial charge on any atom is 0.417 e. The topological polar surface area (TPSA) is 63.5 Å². The van der Waals surface area contributed by atoms with Crippen molar-refractivity contribution in [1.29, 1.82) is 10.8 Å². The summed E-state index contributed by atoms with van der Waals surface area (Å²) in [6.07, 6.45) is 0.794. The standard InChI is InChI=1S/C21H22ClF2N.C5H11N.C4H4F3N/c1-4-5-6-16-17-11-14(22)8-10-18(17)25-21(16)13(3)15-9-7-12(2)19(23)20(15)24;1-3-4-5(2)6;1-3(2-8)4(5,6)7/h7-11,13,25H,4-6H2,1-3H3;6H,3-4H2,1-2H3;2,8H,1H2. The molecule has 3 rings (SSSR count). The number of unbranched alkanes of at least 4 members (excludes halogenated alkanes) is 1. The van der Waals surface area contributed by atoms with E-state index in [0.717, 1.165) is 60.0 Å². The SMILES string of the molecule is C=C(C=N)C(F)(F)F.CCCC(C)=N.CCCCc1c(C(C)c2ccc(C)c(F)c2F)[nH]c2ccc(Cl)cc12.